The Morgan fingerprint density at radius 1 is 1.31 bits per heavy atom. The standard InChI is InChI=1S/C19H25ClFN3O3S2/c1-18(2,3)24(17(25)26)16-22-10-14(28-16)15(23-29(27)19(4,5)6)12-8-7-11(21)9-13(12)20/h7-10,15,23H,1-6H3,(H,25,26)/t15-,29?/m0/s1. The van der Waals surface area contributed by atoms with Crippen molar-refractivity contribution in [3.8, 4) is 0 Å². The molecule has 2 rings (SSSR count). The maximum Gasteiger partial charge on any atom is 0.414 e. The number of nitrogens with zero attached hydrogens (tertiary/aromatic N) is 2. The Balaban J connectivity index is 2.54. The first-order valence-corrected chi connectivity index (χ1v) is 11.2. The van der Waals surface area contributed by atoms with Gasteiger partial charge >= 0.3 is 6.09 Å². The van der Waals surface area contributed by atoms with Gasteiger partial charge in [-0.15, -0.1) is 0 Å². The van der Waals surface area contributed by atoms with E-state index in [1.807, 2.05) is 20.8 Å². The van der Waals surface area contributed by atoms with Crippen molar-refractivity contribution in [2.75, 3.05) is 4.90 Å². The SMILES string of the molecule is CC(C)(C)N(C(=O)O)c1ncc([C@@H](NS(=O)C(C)(C)C)c2ccc(F)cc2Cl)s1. The van der Waals surface area contributed by atoms with Gasteiger partial charge in [0, 0.05) is 21.6 Å². The van der Waals surface area contributed by atoms with E-state index in [0.29, 0.717) is 10.4 Å². The summed E-state index contributed by atoms with van der Waals surface area (Å²) >= 11 is 7.41. The van der Waals surface area contributed by atoms with Gasteiger partial charge in [0.05, 0.1) is 21.8 Å². The molecular formula is C19H25ClFN3O3S2. The molecule has 0 fully saturated rings. The predicted molar refractivity (Wildman–Crippen MR) is 117 cm³/mol. The molecule has 0 radical (unpaired) electrons. The number of rotatable bonds is 5. The third kappa shape index (κ3) is 5.75. The van der Waals surface area contributed by atoms with Crippen molar-refractivity contribution >= 4 is 45.1 Å². The number of thiazole rings is 1. The van der Waals surface area contributed by atoms with Gasteiger partial charge in [0.2, 0.25) is 0 Å². The van der Waals surface area contributed by atoms with Gasteiger partial charge in [-0.1, -0.05) is 29.0 Å². The molecular weight excluding hydrogens is 437 g/mol. The number of carbonyl (C=O) groups is 1. The van der Waals surface area contributed by atoms with Crippen LogP contribution < -0.4 is 9.62 Å². The van der Waals surface area contributed by atoms with E-state index in [1.165, 1.54) is 29.3 Å². The summed E-state index contributed by atoms with van der Waals surface area (Å²) in [6.07, 6.45) is 0.403. The largest absolute Gasteiger partial charge is 0.465 e. The Bertz CT molecular complexity index is 922. The molecule has 0 bridgehead atoms. The fourth-order valence-electron chi connectivity index (χ4n) is 2.46. The maximum absolute atomic E-state index is 13.5. The van der Waals surface area contributed by atoms with Gasteiger partial charge in [0.1, 0.15) is 5.82 Å². The molecule has 1 amide bonds. The first kappa shape index (κ1) is 23.7. The molecule has 0 saturated carbocycles. The van der Waals surface area contributed by atoms with E-state index in [2.05, 4.69) is 9.71 Å². The van der Waals surface area contributed by atoms with Gasteiger partial charge < -0.3 is 5.11 Å². The van der Waals surface area contributed by atoms with Crippen LogP contribution >= 0.6 is 22.9 Å². The van der Waals surface area contributed by atoms with Crippen molar-refractivity contribution in [3.63, 3.8) is 0 Å². The minimum Gasteiger partial charge on any atom is -0.465 e. The van der Waals surface area contributed by atoms with E-state index < -0.39 is 39.2 Å². The zero-order valence-corrected chi connectivity index (χ0v) is 19.5. The number of halogens is 2. The lowest BCUT2D eigenvalue weighted by atomic mass is 10.1. The monoisotopic (exact) mass is 461 g/mol. The number of aromatic nitrogens is 1. The van der Waals surface area contributed by atoms with Crippen LogP contribution in [0.5, 0.6) is 0 Å². The van der Waals surface area contributed by atoms with Crippen LogP contribution in [0.3, 0.4) is 0 Å². The second kappa shape index (κ2) is 8.67. The Kier molecular flexibility index (Phi) is 7.09. The van der Waals surface area contributed by atoms with E-state index in [0.717, 1.165) is 11.3 Å². The number of amides is 1. The topological polar surface area (TPSA) is 82.5 Å². The van der Waals surface area contributed by atoms with E-state index in [-0.39, 0.29) is 10.2 Å². The fraction of sp³-hybridized carbons (Fsp3) is 0.474. The van der Waals surface area contributed by atoms with Gasteiger partial charge in [-0.2, -0.15) is 0 Å². The molecule has 0 aliphatic carbocycles. The van der Waals surface area contributed by atoms with E-state index in [1.54, 1.807) is 20.8 Å². The van der Waals surface area contributed by atoms with Gasteiger partial charge in [-0.05, 0) is 59.2 Å². The minimum absolute atomic E-state index is 0.175. The maximum atomic E-state index is 13.5. The molecule has 1 heterocycles. The highest BCUT2D eigenvalue weighted by Crippen LogP contribution is 2.37. The van der Waals surface area contributed by atoms with Crippen LogP contribution in [0.15, 0.2) is 24.4 Å². The first-order valence-electron chi connectivity index (χ1n) is 8.83. The summed E-state index contributed by atoms with van der Waals surface area (Å²) in [7, 11) is -1.46. The lowest BCUT2D eigenvalue weighted by Crippen LogP contribution is -2.45. The second-order valence-corrected chi connectivity index (χ2v) is 11.9. The molecule has 2 aromatic rings. The lowest BCUT2D eigenvalue weighted by molar-refractivity contribution is 0.195. The average Bonchev–Trinajstić information content (AvgIpc) is 2.99. The van der Waals surface area contributed by atoms with Crippen molar-refractivity contribution in [1.29, 1.82) is 0 Å². The van der Waals surface area contributed by atoms with E-state index in [9.17, 15) is 18.5 Å². The first-order chi connectivity index (χ1) is 13.2. The minimum atomic E-state index is -1.46. The van der Waals surface area contributed by atoms with Crippen LogP contribution in [0.4, 0.5) is 14.3 Å². The quantitative estimate of drug-likeness (QED) is 0.627. The summed E-state index contributed by atoms with van der Waals surface area (Å²) < 4.78 is 28.8. The molecule has 1 unspecified atom stereocenters. The van der Waals surface area contributed by atoms with Crippen molar-refractivity contribution < 1.29 is 18.5 Å². The predicted octanol–water partition coefficient (Wildman–Crippen LogP) is 5.36. The Hall–Kier alpha value is -1.55. The third-order valence-corrected chi connectivity index (χ3v) is 6.84. The van der Waals surface area contributed by atoms with Crippen LogP contribution in [-0.4, -0.2) is 30.7 Å². The van der Waals surface area contributed by atoms with Crippen molar-refractivity contribution in [1.82, 2.24) is 9.71 Å². The number of nitrogens with one attached hydrogen (secondary N) is 1. The smallest absolute Gasteiger partial charge is 0.414 e. The molecule has 6 nitrogen and oxygen atoms in total. The highest BCUT2D eigenvalue weighted by Gasteiger charge is 2.32. The molecule has 0 saturated heterocycles. The van der Waals surface area contributed by atoms with Crippen molar-refractivity contribution in [3.05, 3.63) is 45.7 Å². The van der Waals surface area contributed by atoms with Gasteiger partial charge in [-0.25, -0.2) is 28.0 Å². The number of hydrogen-bond donors (Lipinski definition) is 2. The Morgan fingerprint density at radius 3 is 2.41 bits per heavy atom. The average molecular weight is 462 g/mol. The van der Waals surface area contributed by atoms with Crippen LogP contribution in [0.25, 0.3) is 0 Å². The molecule has 10 heteroatoms. The van der Waals surface area contributed by atoms with Crippen molar-refractivity contribution in [2.24, 2.45) is 0 Å². The van der Waals surface area contributed by atoms with E-state index in [4.69, 9.17) is 11.6 Å². The van der Waals surface area contributed by atoms with Crippen LogP contribution in [-0.2, 0) is 11.0 Å². The molecule has 1 aromatic carbocycles. The highest BCUT2D eigenvalue weighted by molar-refractivity contribution is 7.84. The molecule has 0 aliphatic rings. The summed E-state index contributed by atoms with van der Waals surface area (Å²) in [4.78, 5) is 17.8. The molecule has 0 aliphatic heterocycles. The van der Waals surface area contributed by atoms with Gasteiger partial charge in [0.25, 0.3) is 0 Å². The van der Waals surface area contributed by atoms with Crippen LogP contribution in [0, 0.1) is 5.82 Å². The Labute approximate surface area is 181 Å². The van der Waals surface area contributed by atoms with E-state index >= 15 is 0 Å². The summed E-state index contributed by atoms with van der Waals surface area (Å²) in [6.45, 7) is 10.8. The normalized spacial score (nSPS) is 14.5. The number of hydrogen-bond acceptors (Lipinski definition) is 4. The number of anilines is 1. The van der Waals surface area contributed by atoms with Crippen LogP contribution in [0.2, 0.25) is 5.02 Å². The molecule has 160 valence electrons. The molecule has 0 spiro atoms. The number of carboxylic acid groups (broad SMARTS) is 1. The van der Waals surface area contributed by atoms with Crippen molar-refractivity contribution in [2.45, 2.75) is 57.9 Å². The molecule has 2 N–H and O–H groups in total. The number of benzene rings is 1. The molecule has 1 aromatic heterocycles. The summed E-state index contributed by atoms with van der Waals surface area (Å²) in [5, 5.41) is 10.1. The summed E-state index contributed by atoms with van der Waals surface area (Å²) in [5.74, 6) is -0.482. The lowest BCUT2D eigenvalue weighted by Gasteiger charge is -2.30. The second-order valence-electron chi connectivity index (χ2n) is 8.43. The summed E-state index contributed by atoms with van der Waals surface area (Å²) in [6, 6.07) is 3.33. The zero-order valence-electron chi connectivity index (χ0n) is 17.1. The molecule has 29 heavy (non-hydrogen) atoms. The zero-order chi connectivity index (χ0) is 22.1. The van der Waals surface area contributed by atoms with Gasteiger partial charge in [0.15, 0.2) is 5.13 Å². The Morgan fingerprint density at radius 2 is 1.93 bits per heavy atom. The fourth-order valence-corrected chi connectivity index (χ4v) is 4.80. The third-order valence-electron chi connectivity index (χ3n) is 3.90. The highest BCUT2D eigenvalue weighted by atomic mass is 35.5. The summed E-state index contributed by atoms with van der Waals surface area (Å²) in [5.41, 5.74) is -0.176. The molecule has 2 atom stereocenters. The van der Waals surface area contributed by atoms with Crippen LogP contribution in [0.1, 0.15) is 58.0 Å². The van der Waals surface area contributed by atoms with Gasteiger partial charge in [-0.3, -0.25) is 0 Å².